The van der Waals surface area contributed by atoms with Crippen molar-refractivity contribution < 1.29 is 9.53 Å². The summed E-state index contributed by atoms with van der Waals surface area (Å²) in [6, 6.07) is 0. The zero-order valence-corrected chi connectivity index (χ0v) is 7.61. The number of nitrogens with zero attached hydrogens (tertiary/aromatic N) is 3. The van der Waals surface area contributed by atoms with Gasteiger partial charge in [0.1, 0.15) is 4.83 Å². The van der Waals surface area contributed by atoms with Gasteiger partial charge in [-0.2, -0.15) is 0 Å². The van der Waals surface area contributed by atoms with E-state index >= 15 is 0 Å². The van der Waals surface area contributed by atoms with Crippen LogP contribution in [-0.4, -0.2) is 23.9 Å². The van der Waals surface area contributed by atoms with Gasteiger partial charge < -0.3 is 4.74 Å². The van der Waals surface area contributed by atoms with Crippen molar-refractivity contribution in [1.82, 2.24) is 0 Å². The molecule has 0 rings (SSSR count). The van der Waals surface area contributed by atoms with Crippen molar-refractivity contribution in [2.24, 2.45) is 5.11 Å². The van der Waals surface area contributed by atoms with E-state index < -0.39 is 0 Å². The lowest BCUT2D eigenvalue weighted by atomic mass is 10.5. The van der Waals surface area contributed by atoms with Crippen LogP contribution >= 0.6 is 15.9 Å². The lowest BCUT2D eigenvalue weighted by Gasteiger charge is -2.02. The minimum Gasteiger partial charge on any atom is -0.465 e. The van der Waals surface area contributed by atoms with E-state index in [1.807, 2.05) is 0 Å². The summed E-state index contributed by atoms with van der Waals surface area (Å²) in [5.74, 6) is -0.349. The number of carbonyl (C=O) groups excluding carboxylic acids is 1. The van der Waals surface area contributed by atoms with Crippen LogP contribution < -0.4 is 0 Å². The monoisotopic (exact) mass is 221 g/mol. The highest BCUT2D eigenvalue weighted by molar-refractivity contribution is 9.10. The molecule has 0 N–H and O–H groups in total. The Morgan fingerprint density at radius 1 is 1.91 bits per heavy atom. The Hall–Kier alpha value is -0.740. The molecule has 0 bridgehead atoms. The molecule has 0 aliphatic heterocycles. The average molecular weight is 222 g/mol. The molecule has 0 aromatic rings. The maximum Gasteiger partial charge on any atom is 0.319 e. The number of carbonyl (C=O) groups is 1. The van der Waals surface area contributed by atoms with Crippen LogP contribution in [0.5, 0.6) is 0 Å². The van der Waals surface area contributed by atoms with Crippen molar-refractivity contribution in [2.75, 3.05) is 13.2 Å². The molecular weight excluding hydrogens is 214 g/mol. The summed E-state index contributed by atoms with van der Waals surface area (Å²) in [5.41, 5.74) is 7.85. The third kappa shape index (κ3) is 5.69. The number of ether oxygens (including phenoxy) is 1. The van der Waals surface area contributed by atoms with E-state index in [0.29, 0.717) is 0 Å². The quantitative estimate of drug-likeness (QED) is 0.181. The number of hydrogen-bond donors (Lipinski definition) is 0. The van der Waals surface area contributed by atoms with Crippen molar-refractivity contribution >= 4 is 21.9 Å². The van der Waals surface area contributed by atoms with Gasteiger partial charge in [0.2, 0.25) is 0 Å². The molecule has 0 aromatic carbocycles. The number of rotatable bonds is 4. The smallest absolute Gasteiger partial charge is 0.319 e. The van der Waals surface area contributed by atoms with E-state index in [2.05, 4.69) is 30.7 Å². The first-order valence-electron chi connectivity index (χ1n) is 3.00. The van der Waals surface area contributed by atoms with Gasteiger partial charge in [-0.3, -0.25) is 4.79 Å². The zero-order valence-electron chi connectivity index (χ0n) is 6.03. The molecule has 0 heterocycles. The number of esters is 1. The molecule has 0 saturated carbocycles. The number of halogens is 1. The van der Waals surface area contributed by atoms with Crippen molar-refractivity contribution in [1.29, 1.82) is 0 Å². The maximum absolute atomic E-state index is 10.7. The standard InChI is InChI=1S/C5H8BrN3O2/c1-4(6)5(10)11-3-2-8-9-7/h4H,2-3H2,1H3. The number of hydrogen-bond acceptors (Lipinski definition) is 3. The normalized spacial score (nSPS) is 11.5. The molecule has 6 heteroatoms. The highest BCUT2D eigenvalue weighted by atomic mass is 79.9. The Morgan fingerprint density at radius 2 is 2.55 bits per heavy atom. The van der Waals surface area contributed by atoms with Crippen molar-refractivity contribution in [3.8, 4) is 0 Å². The topological polar surface area (TPSA) is 75.1 Å². The third-order valence-electron chi connectivity index (χ3n) is 0.824. The largest absolute Gasteiger partial charge is 0.465 e. The predicted octanol–water partition coefficient (Wildman–Crippen LogP) is 1.62. The van der Waals surface area contributed by atoms with E-state index in [-0.39, 0.29) is 23.9 Å². The fraction of sp³-hybridized carbons (Fsp3) is 0.800. The maximum atomic E-state index is 10.7. The Kier molecular flexibility index (Phi) is 5.60. The molecule has 0 aromatic heterocycles. The van der Waals surface area contributed by atoms with Crippen LogP contribution in [0.25, 0.3) is 10.4 Å². The first-order chi connectivity index (χ1) is 5.18. The summed E-state index contributed by atoms with van der Waals surface area (Å²) < 4.78 is 4.65. The fourth-order valence-electron chi connectivity index (χ4n) is 0.347. The molecule has 0 aliphatic rings. The minimum atomic E-state index is -0.349. The summed E-state index contributed by atoms with van der Waals surface area (Å²) in [6.45, 7) is 1.98. The van der Waals surface area contributed by atoms with Gasteiger partial charge in [-0.25, -0.2) is 0 Å². The van der Waals surface area contributed by atoms with Gasteiger partial charge >= 0.3 is 5.97 Å². The van der Waals surface area contributed by atoms with Crippen LogP contribution in [0.1, 0.15) is 6.92 Å². The first-order valence-corrected chi connectivity index (χ1v) is 3.91. The number of alkyl halides is 1. The van der Waals surface area contributed by atoms with Crippen LogP contribution in [-0.2, 0) is 9.53 Å². The Labute approximate surface area is 72.5 Å². The molecule has 0 spiro atoms. The van der Waals surface area contributed by atoms with Crippen molar-refractivity contribution in [2.45, 2.75) is 11.8 Å². The summed E-state index contributed by atoms with van der Waals surface area (Å²) in [7, 11) is 0. The molecule has 0 saturated heterocycles. The molecule has 1 unspecified atom stereocenters. The van der Waals surface area contributed by atoms with E-state index in [1.165, 1.54) is 0 Å². The van der Waals surface area contributed by atoms with Crippen LogP contribution in [0.3, 0.4) is 0 Å². The molecule has 0 radical (unpaired) electrons. The lowest BCUT2D eigenvalue weighted by Crippen LogP contribution is -2.15. The van der Waals surface area contributed by atoms with Gasteiger partial charge in [-0.15, -0.1) is 0 Å². The summed E-state index contributed by atoms with van der Waals surface area (Å²) >= 11 is 3.03. The first kappa shape index (κ1) is 10.3. The minimum absolute atomic E-state index is 0.138. The molecule has 0 aliphatic carbocycles. The van der Waals surface area contributed by atoms with Crippen LogP contribution in [0.15, 0.2) is 5.11 Å². The SMILES string of the molecule is CC(Br)C(=O)OCCN=[N+]=[N-]. The van der Waals surface area contributed by atoms with E-state index in [9.17, 15) is 4.79 Å². The Bertz CT molecular complexity index is 177. The van der Waals surface area contributed by atoms with Gasteiger partial charge in [0.05, 0.1) is 13.2 Å². The average Bonchev–Trinajstić information content (AvgIpc) is 1.97. The predicted molar refractivity (Wildman–Crippen MR) is 43.4 cm³/mol. The lowest BCUT2D eigenvalue weighted by molar-refractivity contribution is -0.142. The third-order valence-corrected chi connectivity index (χ3v) is 1.20. The fourth-order valence-corrected chi connectivity index (χ4v) is 0.479. The highest BCUT2D eigenvalue weighted by Crippen LogP contribution is 1.99. The van der Waals surface area contributed by atoms with Gasteiger partial charge in [0.15, 0.2) is 0 Å². The zero-order chi connectivity index (χ0) is 8.69. The molecule has 5 nitrogen and oxygen atoms in total. The van der Waals surface area contributed by atoms with Gasteiger partial charge in [0, 0.05) is 4.91 Å². The van der Waals surface area contributed by atoms with E-state index in [1.54, 1.807) is 6.92 Å². The number of azide groups is 1. The van der Waals surface area contributed by atoms with E-state index in [0.717, 1.165) is 0 Å². The molecule has 0 fully saturated rings. The molecule has 62 valence electrons. The Morgan fingerprint density at radius 3 is 3.00 bits per heavy atom. The summed E-state index contributed by atoms with van der Waals surface area (Å²) in [4.78, 5) is 12.9. The second kappa shape index (κ2) is 6.00. The van der Waals surface area contributed by atoms with Crippen LogP contribution in [0.2, 0.25) is 0 Å². The summed E-state index contributed by atoms with van der Waals surface area (Å²) in [5, 5.41) is 3.19. The highest BCUT2D eigenvalue weighted by Gasteiger charge is 2.08. The van der Waals surface area contributed by atoms with E-state index in [4.69, 9.17) is 5.53 Å². The molecule has 11 heavy (non-hydrogen) atoms. The van der Waals surface area contributed by atoms with Gasteiger partial charge in [-0.05, 0) is 12.5 Å². The van der Waals surface area contributed by atoms with Gasteiger partial charge in [-0.1, -0.05) is 21.0 Å². The van der Waals surface area contributed by atoms with Crippen LogP contribution in [0.4, 0.5) is 0 Å². The van der Waals surface area contributed by atoms with Crippen LogP contribution in [0, 0.1) is 0 Å². The Balaban J connectivity index is 3.39. The molecular formula is C5H8BrN3O2. The van der Waals surface area contributed by atoms with Crippen molar-refractivity contribution in [3.05, 3.63) is 10.4 Å². The summed E-state index contributed by atoms with van der Waals surface area (Å²) in [6.07, 6.45) is 0. The van der Waals surface area contributed by atoms with Gasteiger partial charge in [0.25, 0.3) is 0 Å². The second-order valence-electron chi connectivity index (χ2n) is 1.74. The van der Waals surface area contributed by atoms with Crippen molar-refractivity contribution in [3.63, 3.8) is 0 Å². The second-order valence-corrected chi connectivity index (χ2v) is 3.11. The molecule has 1 atom stereocenters. The molecule has 0 amide bonds.